The molecule has 1 aromatic rings. The molecule has 5 heteroatoms. The van der Waals surface area contributed by atoms with Gasteiger partial charge in [-0.15, -0.1) is 0 Å². The number of likely N-dealkylation sites (N-methyl/N-ethyl adjacent to an activating group) is 1. The molecule has 0 spiro atoms. The van der Waals surface area contributed by atoms with Gasteiger partial charge in [-0.1, -0.05) is 18.2 Å². The molecule has 1 aromatic carbocycles. The Morgan fingerprint density at radius 2 is 1.92 bits per heavy atom. The third-order valence-corrected chi connectivity index (χ3v) is 4.51. The van der Waals surface area contributed by atoms with Gasteiger partial charge in [0.2, 0.25) is 0 Å². The number of nitrogens with zero attached hydrogens (tertiary/aromatic N) is 2. The Morgan fingerprint density at radius 1 is 1.25 bits per heavy atom. The molecule has 2 atom stereocenters. The topological polar surface area (TPSA) is 48.9 Å². The molecule has 0 bridgehead atoms. The van der Waals surface area contributed by atoms with E-state index in [1.807, 2.05) is 25.2 Å². The van der Waals surface area contributed by atoms with E-state index in [1.54, 1.807) is 0 Å². The van der Waals surface area contributed by atoms with Crippen molar-refractivity contribution in [3.8, 4) is 5.75 Å². The average Bonchev–Trinajstić information content (AvgIpc) is 3.37. The minimum absolute atomic E-state index is 0.0673. The standard InChI is InChI=1S/C19H32N4O/c1-14-8-6-7-9-18(14)24-15(2)12-21-19(20-3)22-13-17(23(4)5)16-10-11-16/h6-9,15-17H,10-13H2,1-5H3,(H2,20,21,22). The summed E-state index contributed by atoms with van der Waals surface area (Å²) in [6, 6.07) is 8.68. The van der Waals surface area contributed by atoms with Gasteiger partial charge in [-0.3, -0.25) is 4.99 Å². The molecule has 1 aliphatic rings. The van der Waals surface area contributed by atoms with E-state index in [2.05, 4.69) is 54.5 Å². The number of hydrogen-bond acceptors (Lipinski definition) is 3. The lowest BCUT2D eigenvalue weighted by Crippen LogP contribution is -2.47. The normalized spacial score (nSPS) is 17.5. The number of aliphatic imine (C=N–C) groups is 1. The van der Waals surface area contributed by atoms with Crippen LogP contribution in [0.3, 0.4) is 0 Å². The van der Waals surface area contributed by atoms with Crippen LogP contribution in [0.4, 0.5) is 0 Å². The smallest absolute Gasteiger partial charge is 0.191 e. The lowest BCUT2D eigenvalue weighted by Gasteiger charge is -2.26. The van der Waals surface area contributed by atoms with Crippen molar-refractivity contribution in [3.63, 3.8) is 0 Å². The molecule has 1 aliphatic carbocycles. The van der Waals surface area contributed by atoms with Gasteiger partial charge in [0.25, 0.3) is 0 Å². The van der Waals surface area contributed by atoms with Crippen molar-refractivity contribution < 1.29 is 4.74 Å². The predicted octanol–water partition coefficient (Wildman–Crippen LogP) is 2.27. The van der Waals surface area contributed by atoms with Crippen LogP contribution in [0.2, 0.25) is 0 Å². The van der Waals surface area contributed by atoms with Crippen molar-refractivity contribution in [2.45, 2.75) is 38.8 Å². The van der Waals surface area contributed by atoms with Crippen LogP contribution in [0.1, 0.15) is 25.3 Å². The zero-order valence-corrected chi connectivity index (χ0v) is 15.7. The number of nitrogens with one attached hydrogen (secondary N) is 2. The van der Waals surface area contributed by atoms with Crippen molar-refractivity contribution in [2.24, 2.45) is 10.9 Å². The summed E-state index contributed by atoms with van der Waals surface area (Å²) in [4.78, 5) is 6.62. The fraction of sp³-hybridized carbons (Fsp3) is 0.632. The minimum Gasteiger partial charge on any atom is -0.489 e. The fourth-order valence-electron chi connectivity index (χ4n) is 2.86. The van der Waals surface area contributed by atoms with Crippen molar-refractivity contribution >= 4 is 5.96 Å². The van der Waals surface area contributed by atoms with Crippen LogP contribution in [0.15, 0.2) is 29.3 Å². The Hall–Kier alpha value is -1.75. The molecule has 2 unspecified atom stereocenters. The first kappa shape index (κ1) is 18.6. The second-order valence-corrected chi connectivity index (χ2v) is 6.90. The largest absolute Gasteiger partial charge is 0.489 e. The summed E-state index contributed by atoms with van der Waals surface area (Å²) in [6.45, 7) is 5.77. The number of hydrogen-bond donors (Lipinski definition) is 2. The SMILES string of the molecule is CN=C(NCC(C)Oc1ccccc1C)NCC(C1CC1)N(C)C. The molecule has 0 aromatic heterocycles. The van der Waals surface area contributed by atoms with Crippen LogP contribution in [0.5, 0.6) is 5.75 Å². The average molecular weight is 332 g/mol. The molecule has 0 radical (unpaired) electrons. The molecule has 0 amide bonds. The highest BCUT2D eigenvalue weighted by molar-refractivity contribution is 5.79. The Kier molecular flexibility index (Phi) is 6.91. The van der Waals surface area contributed by atoms with Crippen molar-refractivity contribution in [2.75, 3.05) is 34.2 Å². The monoisotopic (exact) mass is 332 g/mol. The summed E-state index contributed by atoms with van der Waals surface area (Å²) in [6.07, 6.45) is 2.76. The van der Waals surface area contributed by atoms with Crippen LogP contribution in [-0.2, 0) is 0 Å². The summed E-state index contributed by atoms with van der Waals surface area (Å²) in [5.41, 5.74) is 1.16. The van der Waals surface area contributed by atoms with E-state index in [1.165, 1.54) is 12.8 Å². The van der Waals surface area contributed by atoms with E-state index in [4.69, 9.17) is 4.74 Å². The third-order valence-electron chi connectivity index (χ3n) is 4.51. The maximum absolute atomic E-state index is 6.00. The van der Waals surface area contributed by atoms with Gasteiger partial charge in [0.05, 0.1) is 6.54 Å². The van der Waals surface area contributed by atoms with Gasteiger partial charge in [0, 0.05) is 19.6 Å². The summed E-state index contributed by atoms with van der Waals surface area (Å²) in [5, 5.41) is 6.80. The molecule has 1 fully saturated rings. The van der Waals surface area contributed by atoms with Crippen LogP contribution >= 0.6 is 0 Å². The summed E-state index contributed by atoms with van der Waals surface area (Å²) in [5.74, 6) is 2.60. The van der Waals surface area contributed by atoms with Gasteiger partial charge >= 0.3 is 0 Å². The maximum Gasteiger partial charge on any atom is 0.191 e. The molecule has 134 valence electrons. The Bertz CT molecular complexity index is 538. The van der Waals surface area contributed by atoms with Gasteiger partial charge in [0.15, 0.2) is 5.96 Å². The zero-order chi connectivity index (χ0) is 17.5. The zero-order valence-electron chi connectivity index (χ0n) is 15.7. The number of benzene rings is 1. The molecule has 2 N–H and O–H groups in total. The molecule has 0 saturated heterocycles. The van der Waals surface area contributed by atoms with Crippen LogP contribution in [0.25, 0.3) is 0 Å². The summed E-state index contributed by atoms with van der Waals surface area (Å²) in [7, 11) is 6.11. The van der Waals surface area contributed by atoms with E-state index in [0.29, 0.717) is 12.6 Å². The number of para-hydroxylation sites is 1. The molecule has 2 rings (SSSR count). The Morgan fingerprint density at radius 3 is 2.50 bits per heavy atom. The van der Waals surface area contributed by atoms with Gasteiger partial charge in [-0.25, -0.2) is 0 Å². The van der Waals surface area contributed by atoms with Crippen molar-refractivity contribution in [1.29, 1.82) is 0 Å². The summed E-state index contributed by atoms with van der Waals surface area (Å²) >= 11 is 0. The molecule has 0 heterocycles. The summed E-state index contributed by atoms with van der Waals surface area (Å²) < 4.78 is 6.00. The highest BCUT2D eigenvalue weighted by atomic mass is 16.5. The van der Waals surface area contributed by atoms with Crippen molar-refractivity contribution in [1.82, 2.24) is 15.5 Å². The lowest BCUT2D eigenvalue weighted by atomic mass is 10.1. The molecule has 0 aliphatic heterocycles. The van der Waals surface area contributed by atoms with Gasteiger partial charge in [0.1, 0.15) is 11.9 Å². The second-order valence-electron chi connectivity index (χ2n) is 6.90. The van der Waals surface area contributed by atoms with E-state index in [0.717, 1.165) is 29.7 Å². The molecule has 5 nitrogen and oxygen atoms in total. The number of guanidine groups is 1. The maximum atomic E-state index is 6.00. The highest BCUT2D eigenvalue weighted by Gasteiger charge is 2.32. The quantitative estimate of drug-likeness (QED) is 0.566. The third kappa shape index (κ3) is 5.71. The molecule has 24 heavy (non-hydrogen) atoms. The second kappa shape index (κ2) is 8.92. The first-order valence-corrected chi connectivity index (χ1v) is 8.84. The molecule has 1 saturated carbocycles. The Balaban J connectivity index is 1.75. The minimum atomic E-state index is 0.0673. The van der Waals surface area contributed by atoms with E-state index in [-0.39, 0.29) is 6.10 Å². The first-order chi connectivity index (χ1) is 11.5. The van der Waals surface area contributed by atoms with E-state index < -0.39 is 0 Å². The van der Waals surface area contributed by atoms with Crippen LogP contribution < -0.4 is 15.4 Å². The van der Waals surface area contributed by atoms with E-state index in [9.17, 15) is 0 Å². The van der Waals surface area contributed by atoms with Crippen molar-refractivity contribution in [3.05, 3.63) is 29.8 Å². The van der Waals surface area contributed by atoms with Gasteiger partial charge in [-0.2, -0.15) is 0 Å². The molecular weight excluding hydrogens is 300 g/mol. The van der Waals surface area contributed by atoms with Crippen LogP contribution in [0, 0.1) is 12.8 Å². The predicted molar refractivity (Wildman–Crippen MR) is 101 cm³/mol. The highest BCUT2D eigenvalue weighted by Crippen LogP contribution is 2.34. The fourth-order valence-corrected chi connectivity index (χ4v) is 2.86. The number of ether oxygens (including phenoxy) is 1. The first-order valence-electron chi connectivity index (χ1n) is 8.84. The molecular formula is C19H32N4O. The Labute approximate surface area is 146 Å². The van der Waals surface area contributed by atoms with E-state index >= 15 is 0 Å². The van der Waals surface area contributed by atoms with Gasteiger partial charge < -0.3 is 20.3 Å². The number of aryl methyl sites for hydroxylation is 1. The number of rotatable bonds is 8. The van der Waals surface area contributed by atoms with Crippen LogP contribution in [-0.4, -0.2) is 57.2 Å². The van der Waals surface area contributed by atoms with Gasteiger partial charge in [-0.05, 0) is 58.3 Å². The lowest BCUT2D eigenvalue weighted by molar-refractivity contribution is 0.222.